The molecular formula is C12H16N2O3S. The minimum atomic E-state index is -3.73. The van der Waals surface area contributed by atoms with Crippen LogP contribution in [0.2, 0.25) is 0 Å². The second kappa shape index (κ2) is 5.79. The van der Waals surface area contributed by atoms with E-state index in [1.54, 1.807) is 19.1 Å². The maximum absolute atomic E-state index is 11.4. The summed E-state index contributed by atoms with van der Waals surface area (Å²) in [6, 6.07) is 5.89. The standard InChI is InChI=1S/C12H16N2O3S/c1-3-5-12(15)14-9(2)10-6-4-7-11(8-10)18(13,16)17/h3-4,6-9H,1,5H2,2H3,(H,14,15)(H2,13,16,17). The molecule has 0 aromatic heterocycles. The van der Waals surface area contributed by atoms with Gasteiger partial charge in [0.05, 0.1) is 10.9 Å². The number of hydrogen-bond acceptors (Lipinski definition) is 3. The number of carbonyl (C=O) groups is 1. The third-order valence-corrected chi connectivity index (χ3v) is 3.30. The molecule has 1 unspecified atom stereocenters. The molecule has 0 saturated heterocycles. The summed E-state index contributed by atoms with van der Waals surface area (Å²) < 4.78 is 22.4. The van der Waals surface area contributed by atoms with E-state index in [1.807, 2.05) is 0 Å². The fourth-order valence-corrected chi connectivity index (χ4v) is 2.04. The topological polar surface area (TPSA) is 89.3 Å². The van der Waals surface area contributed by atoms with Crippen LogP contribution in [0.4, 0.5) is 0 Å². The van der Waals surface area contributed by atoms with Crippen molar-refractivity contribution in [3.63, 3.8) is 0 Å². The van der Waals surface area contributed by atoms with Gasteiger partial charge in [0, 0.05) is 6.42 Å². The van der Waals surface area contributed by atoms with Crippen LogP contribution in [0.15, 0.2) is 41.8 Å². The fraction of sp³-hybridized carbons (Fsp3) is 0.250. The molecule has 6 heteroatoms. The van der Waals surface area contributed by atoms with Gasteiger partial charge < -0.3 is 5.32 Å². The first-order chi connectivity index (χ1) is 8.34. The summed E-state index contributed by atoms with van der Waals surface area (Å²) >= 11 is 0. The Labute approximate surface area is 107 Å². The van der Waals surface area contributed by atoms with Crippen molar-refractivity contribution >= 4 is 15.9 Å². The van der Waals surface area contributed by atoms with E-state index >= 15 is 0 Å². The van der Waals surface area contributed by atoms with Crippen LogP contribution in [0, 0.1) is 0 Å². The number of nitrogens with one attached hydrogen (secondary N) is 1. The summed E-state index contributed by atoms with van der Waals surface area (Å²) in [6.07, 6.45) is 1.72. The molecule has 0 spiro atoms. The van der Waals surface area contributed by atoms with Crippen LogP contribution in [0.5, 0.6) is 0 Å². The van der Waals surface area contributed by atoms with Crippen molar-refractivity contribution in [2.75, 3.05) is 0 Å². The van der Waals surface area contributed by atoms with E-state index in [-0.39, 0.29) is 23.3 Å². The Bertz CT molecular complexity index is 552. The van der Waals surface area contributed by atoms with Crippen molar-refractivity contribution in [3.05, 3.63) is 42.5 Å². The Kier molecular flexibility index (Phi) is 4.63. The van der Waals surface area contributed by atoms with Gasteiger partial charge in [0.25, 0.3) is 0 Å². The Morgan fingerprint density at radius 3 is 2.78 bits per heavy atom. The van der Waals surface area contributed by atoms with Crippen molar-refractivity contribution in [2.24, 2.45) is 5.14 Å². The summed E-state index contributed by atoms with van der Waals surface area (Å²) in [5, 5.41) is 7.78. The normalized spacial score (nSPS) is 12.8. The predicted octanol–water partition coefficient (Wildman–Crippen LogP) is 1.09. The first-order valence-electron chi connectivity index (χ1n) is 5.37. The summed E-state index contributed by atoms with van der Waals surface area (Å²) in [5.41, 5.74) is 0.680. The van der Waals surface area contributed by atoms with E-state index in [0.29, 0.717) is 5.56 Å². The minimum absolute atomic E-state index is 0.0322. The highest BCUT2D eigenvalue weighted by molar-refractivity contribution is 7.89. The molecule has 0 fully saturated rings. The maximum Gasteiger partial charge on any atom is 0.238 e. The molecule has 98 valence electrons. The molecule has 0 aliphatic rings. The van der Waals surface area contributed by atoms with Crippen LogP contribution in [0.25, 0.3) is 0 Å². The quantitative estimate of drug-likeness (QED) is 0.783. The first kappa shape index (κ1) is 14.4. The van der Waals surface area contributed by atoms with Crippen molar-refractivity contribution in [1.82, 2.24) is 5.32 Å². The van der Waals surface area contributed by atoms with Gasteiger partial charge in [-0.25, -0.2) is 13.6 Å². The average Bonchev–Trinajstić information content (AvgIpc) is 2.28. The van der Waals surface area contributed by atoms with E-state index in [2.05, 4.69) is 11.9 Å². The molecule has 0 saturated carbocycles. The van der Waals surface area contributed by atoms with Gasteiger partial charge in [0.15, 0.2) is 0 Å². The van der Waals surface area contributed by atoms with Crippen LogP contribution in [0.3, 0.4) is 0 Å². The van der Waals surface area contributed by atoms with Gasteiger partial charge in [0.2, 0.25) is 15.9 Å². The summed E-state index contributed by atoms with van der Waals surface area (Å²) in [7, 11) is -3.73. The highest BCUT2D eigenvalue weighted by atomic mass is 32.2. The zero-order valence-corrected chi connectivity index (χ0v) is 10.9. The van der Waals surface area contributed by atoms with Gasteiger partial charge in [-0.3, -0.25) is 4.79 Å². The van der Waals surface area contributed by atoms with Gasteiger partial charge >= 0.3 is 0 Å². The monoisotopic (exact) mass is 268 g/mol. The van der Waals surface area contributed by atoms with Crippen molar-refractivity contribution in [2.45, 2.75) is 24.3 Å². The number of sulfonamides is 1. The molecule has 1 aromatic rings. The van der Waals surface area contributed by atoms with Crippen molar-refractivity contribution in [3.8, 4) is 0 Å². The van der Waals surface area contributed by atoms with Crippen LogP contribution in [0.1, 0.15) is 24.9 Å². The summed E-state index contributed by atoms with van der Waals surface area (Å²) in [6.45, 7) is 5.24. The van der Waals surface area contributed by atoms with Crippen LogP contribution in [-0.4, -0.2) is 14.3 Å². The van der Waals surface area contributed by atoms with Gasteiger partial charge in [-0.15, -0.1) is 6.58 Å². The van der Waals surface area contributed by atoms with Crippen LogP contribution >= 0.6 is 0 Å². The molecule has 3 N–H and O–H groups in total. The second-order valence-electron chi connectivity index (χ2n) is 3.90. The molecular weight excluding hydrogens is 252 g/mol. The SMILES string of the molecule is C=CCC(=O)NC(C)c1cccc(S(N)(=O)=O)c1. The van der Waals surface area contributed by atoms with Crippen LogP contribution in [-0.2, 0) is 14.8 Å². The third-order valence-electron chi connectivity index (χ3n) is 2.39. The highest BCUT2D eigenvalue weighted by Crippen LogP contribution is 2.16. The zero-order valence-electron chi connectivity index (χ0n) is 10.1. The number of rotatable bonds is 5. The second-order valence-corrected chi connectivity index (χ2v) is 5.46. The van der Waals surface area contributed by atoms with E-state index in [4.69, 9.17) is 5.14 Å². The lowest BCUT2D eigenvalue weighted by atomic mass is 10.1. The molecule has 1 rings (SSSR count). The van der Waals surface area contributed by atoms with Gasteiger partial charge in [-0.2, -0.15) is 0 Å². The molecule has 0 heterocycles. The molecule has 5 nitrogen and oxygen atoms in total. The number of amides is 1. The van der Waals surface area contributed by atoms with Crippen LogP contribution < -0.4 is 10.5 Å². The molecule has 1 atom stereocenters. The summed E-state index contributed by atoms with van der Waals surface area (Å²) in [4.78, 5) is 11.4. The van der Waals surface area contributed by atoms with E-state index in [1.165, 1.54) is 18.2 Å². The Morgan fingerprint density at radius 2 is 2.22 bits per heavy atom. The lowest BCUT2D eigenvalue weighted by molar-refractivity contribution is -0.120. The Morgan fingerprint density at radius 1 is 1.56 bits per heavy atom. The molecule has 0 bridgehead atoms. The average molecular weight is 268 g/mol. The van der Waals surface area contributed by atoms with E-state index in [9.17, 15) is 13.2 Å². The smallest absolute Gasteiger partial charge is 0.238 e. The Hall–Kier alpha value is -1.66. The molecule has 0 aliphatic heterocycles. The van der Waals surface area contributed by atoms with E-state index in [0.717, 1.165) is 0 Å². The van der Waals surface area contributed by atoms with E-state index < -0.39 is 10.0 Å². The number of primary sulfonamides is 1. The highest BCUT2D eigenvalue weighted by Gasteiger charge is 2.12. The van der Waals surface area contributed by atoms with Crippen molar-refractivity contribution in [1.29, 1.82) is 0 Å². The fourth-order valence-electron chi connectivity index (χ4n) is 1.48. The lowest BCUT2D eigenvalue weighted by Gasteiger charge is -2.14. The molecule has 0 radical (unpaired) electrons. The lowest BCUT2D eigenvalue weighted by Crippen LogP contribution is -2.26. The Balaban J connectivity index is 2.90. The largest absolute Gasteiger partial charge is 0.349 e. The number of benzene rings is 1. The number of hydrogen-bond donors (Lipinski definition) is 2. The van der Waals surface area contributed by atoms with Gasteiger partial charge in [0.1, 0.15) is 0 Å². The molecule has 1 aromatic carbocycles. The zero-order chi connectivity index (χ0) is 13.8. The van der Waals surface area contributed by atoms with Crippen molar-refractivity contribution < 1.29 is 13.2 Å². The summed E-state index contributed by atoms with van der Waals surface area (Å²) in [5.74, 6) is -0.168. The predicted molar refractivity (Wildman–Crippen MR) is 69.2 cm³/mol. The minimum Gasteiger partial charge on any atom is -0.349 e. The number of nitrogens with two attached hydrogens (primary N) is 1. The molecule has 0 aliphatic carbocycles. The third kappa shape index (κ3) is 3.97. The first-order valence-corrected chi connectivity index (χ1v) is 6.92. The van der Waals surface area contributed by atoms with Gasteiger partial charge in [-0.1, -0.05) is 18.2 Å². The molecule has 1 amide bonds. The van der Waals surface area contributed by atoms with Gasteiger partial charge in [-0.05, 0) is 24.6 Å². The maximum atomic E-state index is 11.4. The number of carbonyl (C=O) groups excluding carboxylic acids is 1. The molecule has 18 heavy (non-hydrogen) atoms.